The van der Waals surface area contributed by atoms with E-state index in [1.165, 1.54) is 0 Å². The Kier molecular flexibility index (Phi) is 3.50. The van der Waals surface area contributed by atoms with Crippen LogP contribution in [0, 0.1) is 5.41 Å². The lowest BCUT2D eigenvalue weighted by molar-refractivity contribution is -0.123. The van der Waals surface area contributed by atoms with E-state index in [1.807, 2.05) is 31.6 Å². The van der Waals surface area contributed by atoms with Gasteiger partial charge >= 0.3 is 0 Å². The van der Waals surface area contributed by atoms with E-state index in [0.717, 1.165) is 18.7 Å². The van der Waals surface area contributed by atoms with Crippen molar-refractivity contribution in [2.75, 3.05) is 5.32 Å². The Balaban J connectivity index is 2.61. The summed E-state index contributed by atoms with van der Waals surface area (Å²) < 4.78 is 1.83. The third-order valence-electron chi connectivity index (χ3n) is 2.03. The number of amides is 1. The topological polar surface area (TPSA) is 46.9 Å². The van der Waals surface area contributed by atoms with Crippen LogP contribution in [0.5, 0.6) is 0 Å². The smallest absolute Gasteiger partial charge is 0.229 e. The van der Waals surface area contributed by atoms with Crippen LogP contribution in [0.25, 0.3) is 0 Å². The first-order valence-electron chi connectivity index (χ1n) is 5.27. The van der Waals surface area contributed by atoms with E-state index in [0.29, 0.717) is 0 Å². The number of nitrogens with zero attached hydrogens (tertiary/aromatic N) is 2. The highest BCUT2D eigenvalue weighted by molar-refractivity contribution is 5.94. The van der Waals surface area contributed by atoms with Crippen molar-refractivity contribution in [1.29, 1.82) is 0 Å². The van der Waals surface area contributed by atoms with Crippen LogP contribution >= 0.6 is 0 Å². The van der Waals surface area contributed by atoms with Crippen molar-refractivity contribution < 1.29 is 4.79 Å². The van der Waals surface area contributed by atoms with E-state index < -0.39 is 0 Å². The number of carbonyl (C=O) groups is 1. The predicted octanol–water partition coefficient (Wildman–Crippen LogP) is 2.28. The molecule has 1 heterocycles. The number of anilines is 1. The van der Waals surface area contributed by atoms with Crippen molar-refractivity contribution in [3.63, 3.8) is 0 Å². The van der Waals surface area contributed by atoms with Crippen LogP contribution in [-0.4, -0.2) is 15.7 Å². The van der Waals surface area contributed by atoms with Crippen LogP contribution in [0.2, 0.25) is 0 Å². The lowest BCUT2D eigenvalue weighted by Gasteiger charge is -2.16. The Morgan fingerprint density at radius 3 is 2.73 bits per heavy atom. The molecule has 1 aromatic rings. The molecule has 4 heteroatoms. The Morgan fingerprint density at radius 2 is 2.20 bits per heavy atom. The molecule has 0 fully saturated rings. The van der Waals surface area contributed by atoms with Gasteiger partial charge in [0.05, 0.1) is 11.9 Å². The van der Waals surface area contributed by atoms with Gasteiger partial charge in [0.2, 0.25) is 5.91 Å². The van der Waals surface area contributed by atoms with Gasteiger partial charge in [-0.15, -0.1) is 0 Å². The molecule has 84 valence electrons. The summed E-state index contributed by atoms with van der Waals surface area (Å²) in [7, 11) is 0. The van der Waals surface area contributed by atoms with Crippen LogP contribution in [0.1, 0.15) is 34.1 Å². The number of aromatic nitrogens is 2. The molecule has 1 rings (SSSR count). The van der Waals surface area contributed by atoms with Gasteiger partial charge in [0.15, 0.2) is 0 Å². The Hall–Kier alpha value is -1.32. The van der Waals surface area contributed by atoms with Crippen LogP contribution in [-0.2, 0) is 11.3 Å². The minimum atomic E-state index is -0.368. The molecular formula is C11H19N3O. The maximum atomic E-state index is 11.7. The molecule has 4 nitrogen and oxygen atoms in total. The molecule has 0 aliphatic heterocycles. The Labute approximate surface area is 90.7 Å². The van der Waals surface area contributed by atoms with E-state index >= 15 is 0 Å². The number of hydrogen-bond acceptors (Lipinski definition) is 2. The summed E-state index contributed by atoms with van der Waals surface area (Å²) >= 11 is 0. The molecule has 1 N–H and O–H groups in total. The van der Waals surface area contributed by atoms with Gasteiger partial charge in [-0.25, -0.2) is 0 Å². The van der Waals surface area contributed by atoms with E-state index in [1.54, 1.807) is 6.20 Å². The summed E-state index contributed by atoms with van der Waals surface area (Å²) in [6, 6.07) is 0. The molecular weight excluding hydrogens is 190 g/mol. The molecule has 0 radical (unpaired) electrons. The normalized spacial score (nSPS) is 11.5. The molecule has 1 aromatic heterocycles. The van der Waals surface area contributed by atoms with Crippen molar-refractivity contribution in [1.82, 2.24) is 9.78 Å². The van der Waals surface area contributed by atoms with Crippen molar-refractivity contribution in [2.45, 2.75) is 40.7 Å². The fourth-order valence-electron chi connectivity index (χ4n) is 1.10. The number of rotatable bonds is 3. The van der Waals surface area contributed by atoms with Gasteiger partial charge in [-0.2, -0.15) is 5.10 Å². The maximum absolute atomic E-state index is 11.7. The first-order valence-corrected chi connectivity index (χ1v) is 5.27. The second-order valence-corrected chi connectivity index (χ2v) is 4.70. The van der Waals surface area contributed by atoms with Gasteiger partial charge in [-0.1, -0.05) is 27.7 Å². The zero-order valence-corrected chi connectivity index (χ0v) is 9.87. The molecule has 0 aliphatic rings. The largest absolute Gasteiger partial charge is 0.323 e. The summed E-state index contributed by atoms with van der Waals surface area (Å²) in [5.74, 6) is 0.0125. The summed E-state index contributed by atoms with van der Waals surface area (Å²) in [4.78, 5) is 11.7. The van der Waals surface area contributed by atoms with E-state index in [9.17, 15) is 4.79 Å². The standard InChI is InChI=1S/C11H19N3O/c1-5-6-14-8-9(7-12-14)13-10(15)11(2,3)4/h7-8H,5-6H2,1-4H3,(H,13,15). The zero-order valence-electron chi connectivity index (χ0n) is 9.87. The van der Waals surface area contributed by atoms with E-state index in [-0.39, 0.29) is 11.3 Å². The SMILES string of the molecule is CCCn1cc(NC(=O)C(C)(C)C)cn1. The molecule has 0 saturated carbocycles. The van der Waals surface area contributed by atoms with Crippen LogP contribution < -0.4 is 5.32 Å². The first kappa shape index (κ1) is 11.8. The highest BCUT2D eigenvalue weighted by atomic mass is 16.2. The Bertz CT molecular complexity index is 336. The number of nitrogens with one attached hydrogen (secondary N) is 1. The zero-order chi connectivity index (χ0) is 11.5. The fourth-order valence-corrected chi connectivity index (χ4v) is 1.10. The van der Waals surface area contributed by atoms with Gasteiger partial charge in [-0.05, 0) is 6.42 Å². The summed E-state index contributed by atoms with van der Waals surface area (Å²) in [5, 5.41) is 6.98. The molecule has 0 aliphatic carbocycles. The average Bonchev–Trinajstić information content (AvgIpc) is 2.51. The maximum Gasteiger partial charge on any atom is 0.229 e. The number of hydrogen-bond donors (Lipinski definition) is 1. The van der Waals surface area contributed by atoms with Crippen molar-refractivity contribution in [3.05, 3.63) is 12.4 Å². The minimum Gasteiger partial charge on any atom is -0.323 e. The minimum absolute atomic E-state index is 0.0125. The van der Waals surface area contributed by atoms with Gasteiger partial charge in [0.1, 0.15) is 0 Å². The van der Waals surface area contributed by atoms with Gasteiger partial charge in [0.25, 0.3) is 0 Å². The van der Waals surface area contributed by atoms with Crippen LogP contribution in [0.15, 0.2) is 12.4 Å². The van der Waals surface area contributed by atoms with E-state index in [4.69, 9.17) is 0 Å². The molecule has 0 unspecified atom stereocenters. The lowest BCUT2D eigenvalue weighted by Crippen LogP contribution is -2.27. The Morgan fingerprint density at radius 1 is 1.53 bits per heavy atom. The monoisotopic (exact) mass is 209 g/mol. The molecule has 0 saturated heterocycles. The van der Waals surface area contributed by atoms with Crippen molar-refractivity contribution in [2.24, 2.45) is 5.41 Å². The summed E-state index contributed by atoms with van der Waals surface area (Å²) in [5.41, 5.74) is 0.399. The summed E-state index contributed by atoms with van der Waals surface area (Å²) in [6.45, 7) is 8.64. The number of aryl methyl sites for hydroxylation is 1. The number of carbonyl (C=O) groups excluding carboxylic acids is 1. The van der Waals surface area contributed by atoms with Gasteiger partial charge < -0.3 is 5.32 Å². The highest BCUT2D eigenvalue weighted by Crippen LogP contribution is 2.16. The van der Waals surface area contributed by atoms with Crippen LogP contribution in [0.3, 0.4) is 0 Å². The molecule has 0 spiro atoms. The molecule has 0 bridgehead atoms. The molecule has 0 aromatic carbocycles. The molecule has 15 heavy (non-hydrogen) atoms. The highest BCUT2D eigenvalue weighted by Gasteiger charge is 2.21. The fraction of sp³-hybridized carbons (Fsp3) is 0.636. The van der Waals surface area contributed by atoms with Crippen molar-refractivity contribution >= 4 is 11.6 Å². The molecule has 0 atom stereocenters. The van der Waals surface area contributed by atoms with Gasteiger partial charge in [0, 0.05) is 18.2 Å². The average molecular weight is 209 g/mol. The first-order chi connectivity index (χ1) is 6.93. The van der Waals surface area contributed by atoms with Gasteiger partial charge in [-0.3, -0.25) is 9.48 Å². The molecule has 1 amide bonds. The second kappa shape index (κ2) is 4.47. The third kappa shape index (κ3) is 3.38. The third-order valence-corrected chi connectivity index (χ3v) is 2.03. The second-order valence-electron chi connectivity index (χ2n) is 4.70. The van der Waals surface area contributed by atoms with Crippen molar-refractivity contribution in [3.8, 4) is 0 Å². The summed E-state index contributed by atoms with van der Waals surface area (Å²) in [6.07, 6.45) is 4.57. The predicted molar refractivity (Wildman–Crippen MR) is 60.6 cm³/mol. The lowest BCUT2D eigenvalue weighted by atomic mass is 9.96. The van der Waals surface area contributed by atoms with E-state index in [2.05, 4.69) is 17.3 Å². The van der Waals surface area contributed by atoms with Crippen LogP contribution in [0.4, 0.5) is 5.69 Å². The quantitative estimate of drug-likeness (QED) is 0.830.